The van der Waals surface area contributed by atoms with E-state index >= 15 is 0 Å². The van der Waals surface area contributed by atoms with E-state index in [0.29, 0.717) is 4.88 Å². The van der Waals surface area contributed by atoms with Gasteiger partial charge in [-0.05, 0) is 37.5 Å². The van der Waals surface area contributed by atoms with Crippen molar-refractivity contribution in [1.29, 1.82) is 0 Å². The number of hydrogen-bond donors (Lipinski definition) is 1. The van der Waals surface area contributed by atoms with Crippen LogP contribution in [0.25, 0.3) is 0 Å². The number of benzene rings is 1. The van der Waals surface area contributed by atoms with Gasteiger partial charge in [0.15, 0.2) is 0 Å². The molecule has 0 spiro atoms. The summed E-state index contributed by atoms with van der Waals surface area (Å²) in [6.07, 6.45) is 3.71. The Labute approximate surface area is 125 Å². The zero-order valence-electron chi connectivity index (χ0n) is 10.6. The molecule has 1 amide bonds. The van der Waals surface area contributed by atoms with Crippen molar-refractivity contribution in [2.75, 3.05) is 10.6 Å². The summed E-state index contributed by atoms with van der Waals surface area (Å²) in [6, 6.07) is 7.98. The Balaban J connectivity index is 2.04. The minimum atomic E-state index is -0.0942. The van der Waals surface area contributed by atoms with Crippen LogP contribution in [0.3, 0.4) is 0 Å². The maximum Gasteiger partial charge on any atom is 0.267 e. The molecule has 5 heteroatoms. The Morgan fingerprint density at radius 1 is 1.47 bits per heavy atom. The molecular formula is C14H15BrN2OS. The molecule has 0 radical (unpaired) electrons. The van der Waals surface area contributed by atoms with Crippen molar-refractivity contribution in [2.24, 2.45) is 0 Å². The fourth-order valence-corrected chi connectivity index (χ4v) is 2.69. The summed E-state index contributed by atoms with van der Waals surface area (Å²) in [7, 11) is 0. The minimum absolute atomic E-state index is 0.0942. The normalized spacial score (nSPS) is 10.4. The van der Waals surface area contributed by atoms with Crippen LogP contribution in [0, 0.1) is 6.92 Å². The molecule has 100 valence electrons. The highest BCUT2D eigenvalue weighted by Gasteiger charge is 2.09. The third-order valence-corrected chi connectivity index (χ3v) is 4.10. The van der Waals surface area contributed by atoms with E-state index in [9.17, 15) is 4.79 Å². The first kappa shape index (κ1) is 14.2. The van der Waals surface area contributed by atoms with Gasteiger partial charge in [0.1, 0.15) is 4.88 Å². The van der Waals surface area contributed by atoms with Crippen molar-refractivity contribution in [1.82, 2.24) is 4.98 Å². The fraction of sp³-hybridized carbons (Fsp3) is 0.286. The maximum atomic E-state index is 12.0. The zero-order chi connectivity index (χ0) is 13.7. The molecule has 0 unspecified atom stereocenters. The molecule has 0 fully saturated rings. The van der Waals surface area contributed by atoms with Crippen molar-refractivity contribution in [2.45, 2.75) is 19.8 Å². The second kappa shape index (κ2) is 6.82. The Morgan fingerprint density at radius 2 is 2.32 bits per heavy atom. The highest BCUT2D eigenvalue weighted by molar-refractivity contribution is 9.09. The number of nitrogens with one attached hydrogen (secondary N) is 1. The zero-order valence-corrected chi connectivity index (χ0v) is 13.1. The van der Waals surface area contributed by atoms with E-state index in [1.807, 2.05) is 25.1 Å². The molecule has 0 saturated carbocycles. The van der Waals surface area contributed by atoms with Crippen molar-refractivity contribution in [3.05, 3.63) is 45.9 Å². The molecule has 3 nitrogen and oxygen atoms in total. The Bertz CT molecular complexity index is 568. The lowest BCUT2D eigenvalue weighted by Gasteiger charge is -2.06. The smallest absolute Gasteiger partial charge is 0.267 e. The molecule has 0 aliphatic rings. The first-order chi connectivity index (χ1) is 9.19. The number of aryl methyl sites for hydroxylation is 2. The van der Waals surface area contributed by atoms with E-state index in [0.717, 1.165) is 28.9 Å². The molecule has 1 aromatic heterocycles. The molecule has 2 aromatic rings. The standard InChI is InChI=1S/C14H15BrN2OS/c1-10-16-9-13(19-10)14(18)17-12-6-2-4-11(8-12)5-3-7-15/h2,4,6,8-9H,3,5,7H2,1H3,(H,17,18). The second-order valence-corrected chi connectivity index (χ2v) is 6.22. The van der Waals surface area contributed by atoms with E-state index in [2.05, 4.69) is 32.3 Å². The van der Waals surface area contributed by atoms with Gasteiger partial charge in [0.25, 0.3) is 5.91 Å². The number of alkyl halides is 1. The summed E-state index contributed by atoms with van der Waals surface area (Å²) in [5, 5.41) is 4.80. The molecule has 0 atom stereocenters. The lowest BCUT2D eigenvalue weighted by molar-refractivity contribution is 0.103. The predicted molar refractivity (Wildman–Crippen MR) is 83.4 cm³/mol. The van der Waals surface area contributed by atoms with Gasteiger partial charge in [-0.2, -0.15) is 0 Å². The lowest BCUT2D eigenvalue weighted by atomic mass is 10.1. The number of amides is 1. The van der Waals surface area contributed by atoms with Crippen LogP contribution in [-0.2, 0) is 6.42 Å². The number of rotatable bonds is 5. The van der Waals surface area contributed by atoms with Crippen LogP contribution in [0.2, 0.25) is 0 Å². The summed E-state index contributed by atoms with van der Waals surface area (Å²) < 4.78 is 0. The number of thiazole rings is 1. The molecular weight excluding hydrogens is 324 g/mol. The van der Waals surface area contributed by atoms with E-state index in [1.54, 1.807) is 6.20 Å². The molecule has 2 rings (SSSR count). The van der Waals surface area contributed by atoms with Crippen molar-refractivity contribution < 1.29 is 4.79 Å². The third kappa shape index (κ3) is 4.14. The van der Waals surface area contributed by atoms with Crippen molar-refractivity contribution >= 4 is 38.9 Å². The van der Waals surface area contributed by atoms with Gasteiger partial charge in [-0.1, -0.05) is 28.1 Å². The highest BCUT2D eigenvalue weighted by atomic mass is 79.9. The van der Waals surface area contributed by atoms with Gasteiger partial charge < -0.3 is 5.32 Å². The summed E-state index contributed by atoms with van der Waals surface area (Å²) in [5.74, 6) is -0.0942. The van der Waals surface area contributed by atoms with E-state index in [1.165, 1.54) is 16.9 Å². The number of carbonyl (C=O) groups excluding carboxylic acids is 1. The van der Waals surface area contributed by atoms with Crippen LogP contribution >= 0.6 is 27.3 Å². The fourth-order valence-electron chi connectivity index (χ4n) is 1.73. The summed E-state index contributed by atoms with van der Waals surface area (Å²) in [6.45, 7) is 1.89. The Morgan fingerprint density at radius 3 is 3.00 bits per heavy atom. The van der Waals surface area contributed by atoms with Crippen LogP contribution in [0.4, 0.5) is 5.69 Å². The quantitative estimate of drug-likeness (QED) is 0.836. The molecule has 1 aromatic carbocycles. The largest absolute Gasteiger partial charge is 0.321 e. The number of aromatic nitrogens is 1. The number of nitrogens with zero attached hydrogens (tertiary/aromatic N) is 1. The first-order valence-electron chi connectivity index (χ1n) is 6.08. The Hall–Kier alpha value is -1.20. The summed E-state index contributed by atoms with van der Waals surface area (Å²) in [5.41, 5.74) is 2.07. The monoisotopic (exact) mass is 338 g/mol. The molecule has 0 aliphatic carbocycles. The van der Waals surface area contributed by atoms with Gasteiger partial charge in [0, 0.05) is 11.0 Å². The summed E-state index contributed by atoms with van der Waals surface area (Å²) >= 11 is 4.83. The third-order valence-electron chi connectivity index (χ3n) is 2.63. The average molecular weight is 339 g/mol. The van der Waals surface area contributed by atoms with Crippen LogP contribution in [0.1, 0.15) is 26.7 Å². The Kier molecular flexibility index (Phi) is 5.10. The van der Waals surface area contributed by atoms with Crippen LogP contribution in [0.5, 0.6) is 0 Å². The van der Waals surface area contributed by atoms with Crippen LogP contribution in [0.15, 0.2) is 30.5 Å². The molecule has 0 bridgehead atoms. The van der Waals surface area contributed by atoms with E-state index in [-0.39, 0.29) is 5.91 Å². The van der Waals surface area contributed by atoms with Gasteiger partial charge in [-0.15, -0.1) is 11.3 Å². The minimum Gasteiger partial charge on any atom is -0.321 e. The molecule has 1 N–H and O–H groups in total. The van der Waals surface area contributed by atoms with Gasteiger partial charge in [-0.25, -0.2) is 4.98 Å². The lowest BCUT2D eigenvalue weighted by Crippen LogP contribution is -2.10. The first-order valence-corrected chi connectivity index (χ1v) is 8.01. The summed E-state index contributed by atoms with van der Waals surface area (Å²) in [4.78, 5) is 16.7. The number of carbonyl (C=O) groups is 1. The van der Waals surface area contributed by atoms with Crippen LogP contribution in [-0.4, -0.2) is 16.2 Å². The van der Waals surface area contributed by atoms with Gasteiger partial charge in [-0.3, -0.25) is 4.79 Å². The van der Waals surface area contributed by atoms with Crippen LogP contribution < -0.4 is 5.32 Å². The SMILES string of the molecule is Cc1ncc(C(=O)Nc2cccc(CCCBr)c2)s1. The molecule has 0 saturated heterocycles. The van der Waals surface area contributed by atoms with Gasteiger partial charge in [0.05, 0.1) is 11.2 Å². The number of halogens is 1. The number of anilines is 1. The second-order valence-electron chi connectivity index (χ2n) is 4.19. The van der Waals surface area contributed by atoms with Crippen molar-refractivity contribution in [3.63, 3.8) is 0 Å². The topological polar surface area (TPSA) is 42.0 Å². The molecule has 1 heterocycles. The van der Waals surface area contributed by atoms with Gasteiger partial charge in [0.2, 0.25) is 0 Å². The predicted octanol–water partition coefficient (Wildman–Crippen LogP) is 4.03. The molecule has 0 aliphatic heterocycles. The van der Waals surface area contributed by atoms with E-state index in [4.69, 9.17) is 0 Å². The van der Waals surface area contributed by atoms with E-state index < -0.39 is 0 Å². The average Bonchev–Trinajstić information content (AvgIpc) is 2.83. The number of hydrogen-bond acceptors (Lipinski definition) is 3. The molecule has 19 heavy (non-hydrogen) atoms. The van der Waals surface area contributed by atoms with Crippen molar-refractivity contribution in [3.8, 4) is 0 Å². The maximum absolute atomic E-state index is 12.0. The highest BCUT2D eigenvalue weighted by Crippen LogP contribution is 2.16. The van der Waals surface area contributed by atoms with Gasteiger partial charge >= 0.3 is 0 Å².